The van der Waals surface area contributed by atoms with Crippen molar-refractivity contribution in [3.05, 3.63) is 28.8 Å². The Morgan fingerprint density at radius 2 is 2.00 bits per heavy atom. The van der Waals surface area contributed by atoms with Crippen LogP contribution in [0.4, 0.5) is 18.9 Å². The Labute approximate surface area is 108 Å². The minimum Gasteiger partial charge on any atom is -0.381 e. The van der Waals surface area contributed by atoms with Crippen LogP contribution in [-0.2, 0) is 6.18 Å². The molecule has 3 N–H and O–H groups in total. The molecular weight excluding hydrogens is 265 g/mol. The summed E-state index contributed by atoms with van der Waals surface area (Å²) in [4.78, 5) is 0. The molecule has 1 aromatic rings. The smallest absolute Gasteiger partial charge is 0.381 e. The SMILES string of the molecule is NC1CCC(Nc2ccc(C(F)(F)F)cc2Cl)C1. The average molecular weight is 279 g/mol. The Morgan fingerprint density at radius 1 is 1.28 bits per heavy atom. The van der Waals surface area contributed by atoms with Crippen LogP contribution in [0.3, 0.4) is 0 Å². The van der Waals surface area contributed by atoms with Crippen molar-refractivity contribution in [3.63, 3.8) is 0 Å². The Morgan fingerprint density at radius 3 is 2.50 bits per heavy atom. The maximum Gasteiger partial charge on any atom is 0.416 e. The van der Waals surface area contributed by atoms with Crippen molar-refractivity contribution < 1.29 is 13.2 Å². The number of anilines is 1. The first-order valence-corrected chi connectivity index (χ1v) is 6.13. The zero-order chi connectivity index (χ0) is 13.3. The lowest BCUT2D eigenvalue weighted by molar-refractivity contribution is -0.137. The quantitative estimate of drug-likeness (QED) is 0.866. The van der Waals surface area contributed by atoms with Gasteiger partial charge in [0.1, 0.15) is 0 Å². The Bertz CT molecular complexity index is 434. The largest absolute Gasteiger partial charge is 0.416 e. The third-order valence-corrected chi connectivity index (χ3v) is 3.44. The fourth-order valence-corrected chi connectivity index (χ4v) is 2.41. The lowest BCUT2D eigenvalue weighted by Gasteiger charge is -2.16. The number of nitrogens with one attached hydrogen (secondary N) is 1. The van der Waals surface area contributed by atoms with Crippen LogP contribution < -0.4 is 11.1 Å². The number of hydrogen-bond donors (Lipinski definition) is 2. The van der Waals surface area contributed by atoms with Crippen molar-refractivity contribution in [2.75, 3.05) is 5.32 Å². The molecule has 0 heterocycles. The molecule has 2 nitrogen and oxygen atoms in total. The lowest BCUT2D eigenvalue weighted by Crippen LogP contribution is -2.21. The van der Waals surface area contributed by atoms with E-state index in [-0.39, 0.29) is 17.1 Å². The summed E-state index contributed by atoms with van der Waals surface area (Å²) in [6, 6.07) is 3.70. The number of benzene rings is 1. The number of rotatable bonds is 2. The topological polar surface area (TPSA) is 38.0 Å². The molecule has 1 aliphatic carbocycles. The molecule has 1 aromatic carbocycles. The molecule has 0 spiro atoms. The van der Waals surface area contributed by atoms with Crippen molar-refractivity contribution in [2.24, 2.45) is 5.73 Å². The van der Waals surface area contributed by atoms with Gasteiger partial charge in [-0.3, -0.25) is 0 Å². The Kier molecular flexibility index (Phi) is 3.73. The van der Waals surface area contributed by atoms with Gasteiger partial charge in [0.2, 0.25) is 0 Å². The average Bonchev–Trinajstić information content (AvgIpc) is 2.65. The molecule has 1 saturated carbocycles. The third-order valence-electron chi connectivity index (χ3n) is 3.13. The highest BCUT2D eigenvalue weighted by Gasteiger charge is 2.31. The highest BCUT2D eigenvalue weighted by Crippen LogP contribution is 2.34. The van der Waals surface area contributed by atoms with Gasteiger partial charge in [0.05, 0.1) is 16.3 Å². The summed E-state index contributed by atoms with van der Waals surface area (Å²) < 4.78 is 37.4. The predicted octanol–water partition coefficient (Wildman–Crippen LogP) is 3.65. The Hall–Kier alpha value is -0.940. The van der Waals surface area contributed by atoms with Gasteiger partial charge in [-0.05, 0) is 37.5 Å². The van der Waals surface area contributed by atoms with E-state index in [9.17, 15) is 13.2 Å². The van der Waals surface area contributed by atoms with Gasteiger partial charge in [-0.1, -0.05) is 11.6 Å². The van der Waals surface area contributed by atoms with E-state index in [2.05, 4.69) is 5.32 Å². The van der Waals surface area contributed by atoms with E-state index in [1.54, 1.807) is 0 Å². The summed E-state index contributed by atoms with van der Waals surface area (Å²) in [5, 5.41) is 3.23. The lowest BCUT2D eigenvalue weighted by atomic mass is 10.1. The summed E-state index contributed by atoms with van der Waals surface area (Å²) in [6.45, 7) is 0. The van der Waals surface area contributed by atoms with Crippen LogP contribution in [0.2, 0.25) is 5.02 Å². The molecule has 1 fully saturated rings. The van der Waals surface area contributed by atoms with Gasteiger partial charge < -0.3 is 11.1 Å². The van der Waals surface area contributed by atoms with Crippen LogP contribution >= 0.6 is 11.6 Å². The second kappa shape index (κ2) is 4.97. The molecule has 2 atom stereocenters. The molecule has 0 aromatic heterocycles. The van der Waals surface area contributed by atoms with Crippen LogP contribution in [0.15, 0.2) is 18.2 Å². The van der Waals surface area contributed by atoms with Gasteiger partial charge in [0.15, 0.2) is 0 Å². The van der Waals surface area contributed by atoms with Crippen molar-refractivity contribution in [3.8, 4) is 0 Å². The normalized spacial score (nSPS) is 24.3. The van der Waals surface area contributed by atoms with Crippen LogP contribution in [0.1, 0.15) is 24.8 Å². The van der Waals surface area contributed by atoms with E-state index < -0.39 is 11.7 Å². The first-order valence-electron chi connectivity index (χ1n) is 5.75. The summed E-state index contributed by atoms with van der Waals surface area (Å²) in [5.41, 5.74) is 5.57. The van der Waals surface area contributed by atoms with E-state index in [1.807, 2.05) is 0 Å². The van der Waals surface area contributed by atoms with Gasteiger partial charge in [-0.25, -0.2) is 0 Å². The van der Waals surface area contributed by atoms with Gasteiger partial charge >= 0.3 is 6.18 Å². The van der Waals surface area contributed by atoms with Crippen molar-refractivity contribution >= 4 is 17.3 Å². The number of alkyl halides is 3. The summed E-state index contributed by atoms with van der Waals surface area (Å²) in [7, 11) is 0. The first kappa shape index (κ1) is 13.5. The van der Waals surface area contributed by atoms with Gasteiger partial charge in [0, 0.05) is 12.1 Å². The number of halogens is 4. The summed E-state index contributed by atoms with van der Waals surface area (Å²) >= 11 is 5.86. The molecule has 6 heteroatoms. The van der Waals surface area contributed by atoms with E-state index in [4.69, 9.17) is 17.3 Å². The fourth-order valence-electron chi connectivity index (χ4n) is 2.18. The van der Waals surface area contributed by atoms with Crippen LogP contribution in [0, 0.1) is 0 Å². The maximum atomic E-state index is 12.5. The maximum absolute atomic E-state index is 12.5. The molecular formula is C12H14ClF3N2. The molecule has 0 aliphatic heterocycles. The molecule has 0 bridgehead atoms. The van der Waals surface area contributed by atoms with E-state index in [1.165, 1.54) is 6.07 Å². The summed E-state index contributed by atoms with van der Waals surface area (Å²) in [6.07, 6.45) is -1.70. The molecule has 1 aliphatic rings. The highest BCUT2D eigenvalue weighted by molar-refractivity contribution is 6.33. The standard InChI is InChI=1S/C12H14ClF3N2/c13-10-5-7(12(14,15)16)1-4-11(10)18-9-3-2-8(17)6-9/h1,4-5,8-9,18H,2-3,6,17H2. The molecule has 2 unspecified atom stereocenters. The van der Waals surface area contributed by atoms with Crippen LogP contribution in [0.25, 0.3) is 0 Å². The van der Waals surface area contributed by atoms with E-state index in [0.717, 1.165) is 31.4 Å². The van der Waals surface area contributed by atoms with Crippen molar-refractivity contribution in [1.29, 1.82) is 0 Å². The fraction of sp³-hybridized carbons (Fsp3) is 0.500. The summed E-state index contributed by atoms with van der Waals surface area (Å²) in [5.74, 6) is 0. The van der Waals surface area contributed by atoms with Crippen molar-refractivity contribution in [1.82, 2.24) is 0 Å². The predicted molar refractivity (Wildman–Crippen MR) is 65.7 cm³/mol. The van der Waals surface area contributed by atoms with E-state index >= 15 is 0 Å². The molecule has 0 amide bonds. The van der Waals surface area contributed by atoms with Gasteiger partial charge in [-0.2, -0.15) is 13.2 Å². The molecule has 2 rings (SSSR count). The Balaban J connectivity index is 2.10. The van der Waals surface area contributed by atoms with Crippen LogP contribution in [0.5, 0.6) is 0 Å². The second-order valence-electron chi connectivity index (χ2n) is 4.61. The zero-order valence-corrected chi connectivity index (χ0v) is 10.4. The monoisotopic (exact) mass is 278 g/mol. The molecule has 0 saturated heterocycles. The van der Waals surface area contributed by atoms with E-state index in [0.29, 0.717) is 5.69 Å². The van der Waals surface area contributed by atoms with Crippen molar-refractivity contribution in [2.45, 2.75) is 37.5 Å². The zero-order valence-electron chi connectivity index (χ0n) is 9.60. The molecule has 0 radical (unpaired) electrons. The highest BCUT2D eigenvalue weighted by atomic mass is 35.5. The number of hydrogen-bond acceptors (Lipinski definition) is 2. The minimum absolute atomic E-state index is 0.0882. The van der Waals surface area contributed by atoms with Crippen LogP contribution in [-0.4, -0.2) is 12.1 Å². The molecule has 18 heavy (non-hydrogen) atoms. The minimum atomic E-state index is -4.36. The van der Waals surface area contributed by atoms with Gasteiger partial charge in [0.25, 0.3) is 0 Å². The second-order valence-corrected chi connectivity index (χ2v) is 5.01. The first-order chi connectivity index (χ1) is 8.36. The number of nitrogens with two attached hydrogens (primary N) is 1. The molecule has 100 valence electrons. The van der Waals surface area contributed by atoms with Gasteiger partial charge in [-0.15, -0.1) is 0 Å². The third kappa shape index (κ3) is 3.09.